The molecule has 1 amide bonds. The van der Waals surface area contributed by atoms with Gasteiger partial charge in [0.15, 0.2) is 0 Å². The monoisotopic (exact) mass is 202 g/mol. The number of hydrogen-bond acceptors (Lipinski definition) is 4. The fraction of sp³-hybridized carbons (Fsp3) is 0.889. The van der Waals surface area contributed by atoms with Crippen molar-refractivity contribution in [2.24, 2.45) is 0 Å². The molecule has 0 aromatic rings. The molecule has 1 rings (SSSR count). The van der Waals surface area contributed by atoms with E-state index in [4.69, 9.17) is 10.2 Å². The molecule has 1 aliphatic heterocycles. The Hall–Kier alpha value is -0.650. The molecule has 0 radical (unpaired) electrons. The molecule has 82 valence electrons. The second-order valence-corrected chi connectivity index (χ2v) is 3.46. The highest BCUT2D eigenvalue weighted by Gasteiger charge is 2.22. The van der Waals surface area contributed by atoms with Gasteiger partial charge in [0.25, 0.3) is 0 Å². The maximum atomic E-state index is 11.5. The molecule has 1 fully saturated rings. The molecule has 0 spiro atoms. The summed E-state index contributed by atoms with van der Waals surface area (Å²) in [5.74, 6) is 0.0724. The van der Waals surface area contributed by atoms with Crippen molar-refractivity contribution in [3.63, 3.8) is 0 Å². The van der Waals surface area contributed by atoms with Crippen molar-refractivity contribution in [3.05, 3.63) is 0 Å². The summed E-state index contributed by atoms with van der Waals surface area (Å²) < 4.78 is 0. The van der Waals surface area contributed by atoms with Crippen molar-refractivity contribution in [2.75, 3.05) is 45.9 Å². The third-order valence-corrected chi connectivity index (χ3v) is 2.40. The zero-order chi connectivity index (χ0) is 10.4. The lowest BCUT2D eigenvalue weighted by atomic mass is 10.3. The van der Waals surface area contributed by atoms with Gasteiger partial charge < -0.3 is 15.1 Å². The normalized spacial score (nSPS) is 19.0. The average molecular weight is 202 g/mol. The van der Waals surface area contributed by atoms with Crippen LogP contribution in [0.25, 0.3) is 0 Å². The number of β-amino-alcohol motifs (C(OH)–C–C–N with tert-alkyl or cyclic N) is 1. The van der Waals surface area contributed by atoms with E-state index >= 15 is 0 Å². The Morgan fingerprint density at radius 1 is 1.14 bits per heavy atom. The lowest BCUT2D eigenvalue weighted by Crippen LogP contribution is -2.51. The van der Waals surface area contributed by atoms with E-state index < -0.39 is 0 Å². The molecule has 5 heteroatoms. The van der Waals surface area contributed by atoms with E-state index in [2.05, 4.69) is 0 Å². The van der Waals surface area contributed by atoms with Crippen LogP contribution in [0.4, 0.5) is 0 Å². The predicted molar refractivity (Wildman–Crippen MR) is 51.8 cm³/mol. The summed E-state index contributed by atoms with van der Waals surface area (Å²) in [5.41, 5.74) is 0. The minimum Gasteiger partial charge on any atom is -0.396 e. The second-order valence-electron chi connectivity index (χ2n) is 3.46. The van der Waals surface area contributed by atoms with E-state index in [-0.39, 0.29) is 19.1 Å². The van der Waals surface area contributed by atoms with Gasteiger partial charge in [0.2, 0.25) is 5.91 Å². The lowest BCUT2D eigenvalue weighted by molar-refractivity contribution is -0.136. The first kappa shape index (κ1) is 11.4. The number of piperazine rings is 1. The van der Waals surface area contributed by atoms with Crippen LogP contribution in [-0.4, -0.2) is 71.9 Å². The summed E-state index contributed by atoms with van der Waals surface area (Å²) in [4.78, 5) is 15.2. The summed E-state index contributed by atoms with van der Waals surface area (Å²) >= 11 is 0. The minimum absolute atomic E-state index is 0.0301. The molecular formula is C9H18N2O3. The zero-order valence-electron chi connectivity index (χ0n) is 8.35. The van der Waals surface area contributed by atoms with Crippen molar-refractivity contribution < 1.29 is 15.0 Å². The van der Waals surface area contributed by atoms with Crippen LogP contribution in [0.3, 0.4) is 0 Å². The minimum atomic E-state index is 0.0301. The fourth-order valence-electron chi connectivity index (χ4n) is 1.60. The third-order valence-electron chi connectivity index (χ3n) is 2.40. The summed E-state index contributed by atoms with van der Waals surface area (Å²) in [6, 6.07) is 0. The van der Waals surface area contributed by atoms with Crippen LogP contribution in [0, 0.1) is 0 Å². The lowest BCUT2D eigenvalue weighted by Gasteiger charge is -2.33. The van der Waals surface area contributed by atoms with Crippen molar-refractivity contribution in [1.82, 2.24) is 9.80 Å². The number of aliphatic hydroxyl groups excluding tert-OH is 2. The standard InChI is InChI=1S/C9H18N2O3/c12-6-1-2-10-3-4-11(5-7-13)9(14)8-10/h12-13H,1-8H2. The van der Waals surface area contributed by atoms with Crippen LogP contribution < -0.4 is 0 Å². The molecule has 5 nitrogen and oxygen atoms in total. The van der Waals surface area contributed by atoms with Crippen molar-refractivity contribution in [1.29, 1.82) is 0 Å². The molecule has 1 heterocycles. The maximum absolute atomic E-state index is 11.5. The first-order valence-electron chi connectivity index (χ1n) is 4.99. The summed E-state index contributed by atoms with van der Waals surface area (Å²) in [6.07, 6.45) is 0.716. The number of aliphatic hydroxyl groups is 2. The van der Waals surface area contributed by atoms with Gasteiger partial charge in [-0.3, -0.25) is 9.69 Å². The second kappa shape index (κ2) is 5.95. The van der Waals surface area contributed by atoms with Crippen molar-refractivity contribution in [3.8, 4) is 0 Å². The molecule has 0 aliphatic carbocycles. The molecule has 0 unspecified atom stereocenters. The third kappa shape index (κ3) is 3.25. The largest absolute Gasteiger partial charge is 0.396 e. The van der Waals surface area contributed by atoms with Gasteiger partial charge >= 0.3 is 0 Å². The Balaban J connectivity index is 2.27. The quantitative estimate of drug-likeness (QED) is 0.570. The summed E-state index contributed by atoms with van der Waals surface area (Å²) in [5, 5.41) is 17.3. The van der Waals surface area contributed by atoms with Crippen LogP contribution in [0.1, 0.15) is 6.42 Å². The summed E-state index contributed by atoms with van der Waals surface area (Å²) in [6.45, 7) is 3.35. The Kier molecular flexibility index (Phi) is 4.86. The molecule has 0 atom stereocenters. The summed E-state index contributed by atoms with van der Waals surface area (Å²) in [7, 11) is 0. The van der Waals surface area contributed by atoms with Gasteiger partial charge in [0.05, 0.1) is 13.2 Å². The van der Waals surface area contributed by atoms with Crippen molar-refractivity contribution in [2.45, 2.75) is 6.42 Å². The highest BCUT2D eigenvalue weighted by atomic mass is 16.3. The smallest absolute Gasteiger partial charge is 0.236 e. The van der Waals surface area contributed by atoms with Crippen LogP contribution in [0.2, 0.25) is 0 Å². The van der Waals surface area contributed by atoms with Gasteiger partial charge in [-0.2, -0.15) is 0 Å². The highest BCUT2D eigenvalue weighted by Crippen LogP contribution is 2.03. The van der Waals surface area contributed by atoms with Crippen LogP contribution in [0.15, 0.2) is 0 Å². The van der Waals surface area contributed by atoms with E-state index in [1.54, 1.807) is 4.90 Å². The van der Waals surface area contributed by atoms with Gasteiger partial charge in [0.1, 0.15) is 0 Å². The molecule has 0 aromatic carbocycles. The Morgan fingerprint density at radius 2 is 1.93 bits per heavy atom. The Morgan fingerprint density at radius 3 is 2.50 bits per heavy atom. The predicted octanol–water partition coefficient (Wildman–Crippen LogP) is -1.49. The Labute approximate surface area is 83.9 Å². The Bertz CT molecular complexity index is 187. The molecular weight excluding hydrogens is 184 g/mol. The van der Waals surface area contributed by atoms with Crippen molar-refractivity contribution >= 4 is 5.91 Å². The van der Waals surface area contributed by atoms with E-state index in [9.17, 15) is 4.79 Å². The number of amides is 1. The number of hydrogen-bond donors (Lipinski definition) is 2. The molecule has 0 bridgehead atoms. The van der Waals surface area contributed by atoms with Gasteiger partial charge in [-0.25, -0.2) is 0 Å². The molecule has 0 aromatic heterocycles. The number of nitrogens with zero attached hydrogens (tertiary/aromatic N) is 2. The van der Waals surface area contributed by atoms with E-state index in [0.29, 0.717) is 26.1 Å². The fourth-order valence-corrected chi connectivity index (χ4v) is 1.60. The van der Waals surface area contributed by atoms with Gasteiger partial charge in [-0.05, 0) is 6.42 Å². The first-order valence-corrected chi connectivity index (χ1v) is 4.99. The van der Waals surface area contributed by atoms with Crippen LogP contribution >= 0.6 is 0 Å². The number of carbonyl (C=O) groups is 1. The highest BCUT2D eigenvalue weighted by molar-refractivity contribution is 5.79. The zero-order valence-corrected chi connectivity index (χ0v) is 8.35. The topological polar surface area (TPSA) is 64.0 Å². The van der Waals surface area contributed by atoms with Crippen LogP contribution in [0.5, 0.6) is 0 Å². The van der Waals surface area contributed by atoms with Gasteiger partial charge in [-0.15, -0.1) is 0 Å². The van der Waals surface area contributed by atoms with E-state index in [1.807, 2.05) is 4.90 Å². The number of rotatable bonds is 5. The van der Waals surface area contributed by atoms with Gasteiger partial charge in [0, 0.05) is 32.8 Å². The first-order chi connectivity index (χ1) is 6.77. The molecule has 0 saturated carbocycles. The average Bonchev–Trinajstić information content (AvgIpc) is 2.19. The molecule has 14 heavy (non-hydrogen) atoms. The van der Waals surface area contributed by atoms with E-state index in [0.717, 1.165) is 13.1 Å². The molecule has 1 aliphatic rings. The maximum Gasteiger partial charge on any atom is 0.236 e. The van der Waals surface area contributed by atoms with Gasteiger partial charge in [-0.1, -0.05) is 0 Å². The molecule has 1 saturated heterocycles. The van der Waals surface area contributed by atoms with E-state index in [1.165, 1.54) is 0 Å². The van der Waals surface area contributed by atoms with Crippen LogP contribution in [-0.2, 0) is 4.79 Å². The molecule has 2 N–H and O–H groups in total. The number of carbonyl (C=O) groups excluding carboxylic acids is 1. The SMILES string of the molecule is O=C1CN(CCCO)CCN1CCO.